The third-order valence-electron chi connectivity index (χ3n) is 2.12. The molecule has 0 aromatic heterocycles. The van der Waals surface area contributed by atoms with E-state index >= 15 is 0 Å². The van der Waals surface area contributed by atoms with Crippen molar-refractivity contribution in [2.24, 2.45) is 0 Å². The number of rotatable bonds is 9. The lowest BCUT2D eigenvalue weighted by Gasteiger charge is -1.90. The molecule has 0 aliphatic rings. The van der Waals surface area contributed by atoms with Crippen LogP contribution in [0.3, 0.4) is 0 Å². The Bertz CT molecular complexity index is 163. The first-order chi connectivity index (χ1) is 6.91. The molecule has 0 aliphatic heterocycles. The van der Waals surface area contributed by atoms with Crippen LogP contribution in [0.1, 0.15) is 51.9 Å². The Labute approximate surface area is 89.4 Å². The van der Waals surface area contributed by atoms with Crippen molar-refractivity contribution >= 4 is 0 Å². The van der Waals surface area contributed by atoms with Gasteiger partial charge in [-0.15, -0.1) is 6.58 Å². The van der Waals surface area contributed by atoms with Gasteiger partial charge in [-0.2, -0.15) is 0 Å². The van der Waals surface area contributed by atoms with Crippen LogP contribution in [0.4, 0.5) is 0 Å². The van der Waals surface area contributed by atoms with Gasteiger partial charge in [-0.1, -0.05) is 50.1 Å². The number of unbranched alkanes of at least 4 members (excludes halogenated alkanes) is 4. The molecular formula is C14H24. The van der Waals surface area contributed by atoms with E-state index in [0.717, 1.165) is 19.3 Å². The van der Waals surface area contributed by atoms with Gasteiger partial charge in [-0.05, 0) is 32.1 Å². The normalized spacial score (nSPS) is 11.5. The molecule has 0 N–H and O–H groups in total. The summed E-state index contributed by atoms with van der Waals surface area (Å²) in [6.45, 7) is 5.93. The molecule has 0 unspecified atom stereocenters. The highest BCUT2D eigenvalue weighted by atomic mass is 13.9. The van der Waals surface area contributed by atoms with Crippen LogP contribution in [0.2, 0.25) is 0 Å². The summed E-state index contributed by atoms with van der Waals surface area (Å²) in [6.07, 6.45) is 19.6. The van der Waals surface area contributed by atoms with Crippen molar-refractivity contribution in [2.75, 3.05) is 0 Å². The average molecular weight is 192 g/mol. The van der Waals surface area contributed by atoms with E-state index in [1.807, 2.05) is 6.08 Å². The van der Waals surface area contributed by atoms with Crippen molar-refractivity contribution in [1.82, 2.24) is 0 Å². The van der Waals surface area contributed by atoms with Crippen molar-refractivity contribution in [3.63, 3.8) is 0 Å². The lowest BCUT2D eigenvalue weighted by Crippen LogP contribution is -1.70. The van der Waals surface area contributed by atoms with E-state index in [1.54, 1.807) is 0 Å². The van der Waals surface area contributed by atoms with Gasteiger partial charge in [0.15, 0.2) is 0 Å². The molecule has 80 valence electrons. The van der Waals surface area contributed by atoms with E-state index in [2.05, 4.69) is 37.8 Å². The van der Waals surface area contributed by atoms with Crippen LogP contribution >= 0.6 is 0 Å². The number of allylic oxidation sites excluding steroid dienone is 5. The van der Waals surface area contributed by atoms with Gasteiger partial charge in [-0.25, -0.2) is 0 Å². The highest BCUT2D eigenvalue weighted by molar-refractivity contribution is 4.93. The summed E-state index contributed by atoms with van der Waals surface area (Å²) >= 11 is 0. The maximum absolute atomic E-state index is 3.69. The van der Waals surface area contributed by atoms with Crippen LogP contribution in [-0.2, 0) is 0 Å². The summed E-state index contributed by atoms with van der Waals surface area (Å²) in [4.78, 5) is 0. The quantitative estimate of drug-likeness (QED) is 0.355. The second-order valence-electron chi connectivity index (χ2n) is 3.54. The van der Waals surface area contributed by atoms with Gasteiger partial charge in [0, 0.05) is 0 Å². The van der Waals surface area contributed by atoms with Gasteiger partial charge < -0.3 is 0 Å². The minimum Gasteiger partial charge on any atom is -0.103 e. The van der Waals surface area contributed by atoms with Crippen molar-refractivity contribution < 1.29 is 0 Å². The standard InChI is InChI=1S/C14H24/c1-3-5-7-9-11-13-14-12-10-8-6-4-2/h3,9,11-12,14H,1,4-8,10,13H2,2H3. The van der Waals surface area contributed by atoms with Crippen LogP contribution in [0.5, 0.6) is 0 Å². The lowest BCUT2D eigenvalue weighted by molar-refractivity contribution is 0.728. The molecule has 0 bridgehead atoms. The third-order valence-corrected chi connectivity index (χ3v) is 2.12. The smallest absolute Gasteiger partial charge is 0.0169 e. The molecule has 0 rings (SSSR count). The van der Waals surface area contributed by atoms with Gasteiger partial charge in [0.1, 0.15) is 0 Å². The maximum atomic E-state index is 3.69. The molecule has 0 heterocycles. The molecule has 0 aromatic carbocycles. The summed E-state index contributed by atoms with van der Waals surface area (Å²) < 4.78 is 0. The zero-order valence-corrected chi connectivity index (χ0v) is 9.54. The number of hydrogen-bond acceptors (Lipinski definition) is 0. The Balaban J connectivity index is 3.17. The van der Waals surface area contributed by atoms with Crippen molar-refractivity contribution in [3.05, 3.63) is 37.0 Å². The number of hydrogen-bond donors (Lipinski definition) is 0. The molecule has 0 fully saturated rings. The molecule has 0 spiro atoms. The van der Waals surface area contributed by atoms with Crippen LogP contribution < -0.4 is 0 Å². The maximum Gasteiger partial charge on any atom is -0.0169 e. The van der Waals surface area contributed by atoms with Crippen LogP contribution in [0, 0.1) is 0 Å². The van der Waals surface area contributed by atoms with E-state index in [1.165, 1.54) is 25.7 Å². The Morgan fingerprint density at radius 2 is 1.57 bits per heavy atom. The van der Waals surface area contributed by atoms with Gasteiger partial charge in [0.05, 0.1) is 0 Å². The predicted octanol–water partition coefficient (Wildman–Crippen LogP) is 5.04. The lowest BCUT2D eigenvalue weighted by atomic mass is 10.2. The molecular weight excluding hydrogens is 168 g/mol. The third kappa shape index (κ3) is 11.2. The Morgan fingerprint density at radius 3 is 2.21 bits per heavy atom. The monoisotopic (exact) mass is 192 g/mol. The fraction of sp³-hybridized carbons (Fsp3) is 0.571. The molecule has 0 aliphatic carbocycles. The molecule has 0 aromatic rings. The van der Waals surface area contributed by atoms with Gasteiger partial charge >= 0.3 is 0 Å². The van der Waals surface area contributed by atoms with Crippen molar-refractivity contribution in [3.8, 4) is 0 Å². The molecule has 0 nitrogen and oxygen atoms in total. The molecule has 0 saturated heterocycles. The Morgan fingerprint density at radius 1 is 0.857 bits per heavy atom. The second-order valence-corrected chi connectivity index (χ2v) is 3.54. The summed E-state index contributed by atoms with van der Waals surface area (Å²) in [7, 11) is 0. The van der Waals surface area contributed by atoms with Gasteiger partial charge in [0.25, 0.3) is 0 Å². The van der Waals surface area contributed by atoms with E-state index < -0.39 is 0 Å². The topological polar surface area (TPSA) is 0 Å². The van der Waals surface area contributed by atoms with Crippen LogP contribution in [-0.4, -0.2) is 0 Å². The first kappa shape index (κ1) is 13.2. The van der Waals surface area contributed by atoms with E-state index in [-0.39, 0.29) is 0 Å². The van der Waals surface area contributed by atoms with Crippen LogP contribution in [0.25, 0.3) is 0 Å². The van der Waals surface area contributed by atoms with E-state index in [0.29, 0.717) is 0 Å². The van der Waals surface area contributed by atoms with Crippen LogP contribution in [0.15, 0.2) is 37.0 Å². The van der Waals surface area contributed by atoms with Gasteiger partial charge in [0.2, 0.25) is 0 Å². The highest BCUT2D eigenvalue weighted by Crippen LogP contribution is 2.00. The second kappa shape index (κ2) is 12.2. The predicted molar refractivity (Wildman–Crippen MR) is 66.5 cm³/mol. The minimum absolute atomic E-state index is 1.09. The fourth-order valence-electron chi connectivity index (χ4n) is 1.23. The molecule has 0 amide bonds. The van der Waals surface area contributed by atoms with E-state index in [4.69, 9.17) is 0 Å². The fourth-order valence-corrected chi connectivity index (χ4v) is 1.23. The Hall–Kier alpha value is -0.780. The average Bonchev–Trinajstić information content (AvgIpc) is 2.21. The largest absolute Gasteiger partial charge is 0.103 e. The SMILES string of the molecule is C=CCCC=CCC=CCCCCC. The summed E-state index contributed by atoms with van der Waals surface area (Å²) in [5.74, 6) is 0. The zero-order valence-electron chi connectivity index (χ0n) is 9.54. The molecule has 14 heavy (non-hydrogen) atoms. The Kier molecular flexibility index (Phi) is 11.5. The summed E-state index contributed by atoms with van der Waals surface area (Å²) in [5.41, 5.74) is 0. The molecule has 0 radical (unpaired) electrons. The highest BCUT2D eigenvalue weighted by Gasteiger charge is 1.80. The minimum atomic E-state index is 1.09. The molecule has 0 saturated carbocycles. The zero-order chi connectivity index (χ0) is 10.5. The first-order valence-corrected chi connectivity index (χ1v) is 5.82. The summed E-state index contributed by atoms with van der Waals surface area (Å²) in [6, 6.07) is 0. The molecule has 0 atom stereocenters. The van der Waals surface area contributed by atoms with Crippen molar-refractivity contribution in [1.29, 1.82) is 0 Å². The van der Waals surface area contributed by atoms with E-state index in [9.17, 15) is 0 Å². The van der Waals surface area contributed by atoms with Gasteiger partial charge in [-0.3, -0.25) is 0 Å². The molecule has 0 heteroatoms. The van der Waals surface area contributed by atoms with Crippen molar-refractivity contribution in [2.45, 2.75) is 51.9 Å². The first-order valence-electron chi connectivity index (χ1n) is 5.82. The summed E-state index contributed by atoms with van der Waals surface area (Å²) in [5, 5.41) is 0.